The first-order valence-electron chi connectivity index (χ1n) is 8.34. The maximum absolute atomic E-state index is 13.3. The van der Waals surface area contributed by atoms with Gasteiger partial charge in [0.1, 0.15) is 5.82 Å². The molecule has 1 atom stereocenters. The first-order chi connectivity index (χ1) is 13.1. The van der Waals surface area contributed by atoms with Crippen LogP contribution in [0.25, 0.3) is 0 Å². The molecule has 9 heteroatoms. The summed E-state index contributed by atoms with van der Waals surface area (Å²) in [4.78, 5) is 25.9. The van der Waals surface area contributed by atoms with Crippen molar-refractivity contribution < 1.29 is 27.2 Å². The molecule has 1 aliphatic heterocycles. The Hall–Kier alpha value is -2.61. The minimum Gasteiger partial charge on any atom is -0.352 e. The average Bonchev–Trinajstić information content (AvgIpc) is 3.03. The lowest BCUT2D eigenvalue weighted by Crippen LogP contribution is -2.32. The van der Waals surface area contributed by atoms with Crippen molar-refractivity contribution in [3.05, 3.63) is 64.4 Å². The summed E-state index contributed by atoms with van der Waals surface area (Å²) in [5, 5.41) is 2.43. The van der Waals surface area contributed by atoms with Crippen molar-refractivity contribution in [3.8, 4) is 0 Å². The van der Waals surface area contributed by atoms with E-state index in [1.165, 1.54) is 29.2 Å². The lowest BCUT2D eigenvalue weighted by molar-refractivity contribution is -0.137. The number of anilines is 1. The molecule has 0 spiro atoms. The van der Waals surface area contributed by atoms with Crippen molar-refractivity contribution in [2.45, 2.75) is 19.1 Å². The van der Waals surface area contributed by atoms with Crippen LogP contribution in [0.2, 0.25) is 5.02 Å². The highest BCUT2D eigenvalue weighted by atomic mass is 35.5. The molecular weight excluding hydrogens is 400 g/mol. The fourth-order valence-electron chi connectivity index (χ4n) is 2.98. The Balaban J connectivity index is 1.63. The molecule has 1 aliphatic rings. The van der Waals surface area contributed by atoms with Gasteiger partial charge in [-0.1, -0.05) is 23.7 Å². The highest BCUT2D eigenvalue weighted by molar-refractivity contribution is 6.31. The average molecular weight is 415 g/mol. The molecule has 1 unspecified atom stereocenters. The van der Waals surface area contributed by atoms with E-state index in [-0.39, 0.29) is 30.4 Å². The molecule has 1 heterocycles. The van der Waals surface area contributed by atoms with Gasteiger partial charge in [-0.25, -0.2) is 4.39 Å². The Morgan fingerprint density at radius 2 is 1.96 bits per heavy atom. The summed E-state index contributed by atoms with van der Waals surface area (Å²) in [6, 6.07) is 8.48. The van der Waals surface area contributed by atoms with Crippen LogP contribution in [-0.2, 0) is 22.3 Å². The topological polar surface area (TPSA) is 49.4 Å². The van der Waals surface area contributed by atoms with Crippen LogP contribution < -0.4 is 10.2 Å². The van der Waals surface area contributed by atoms with Crippen LogP contribution >= 0.6 is 11.6 Å². The monoisotopic (exact) mass is 414 g/mol. The predicted octanol–water partition coefficient (Wildman–Crippen LogP) is 4.17. The smallest absolute Gasteiger partial charge is 0.352 e. The maximum Gasteiger partial charge on any atom is 0.416 e. The van der Waals surface area contributed by atoms with Gasteiger partial charge >= 0.3 is 6.18 Å². The second-order valence-electron chi connectivity index (χ2n) is 6.42. The molecule has 148 valence electrons. The number of nitrogens with one attached hydrogen (secondary N) is 1. The molecule has 0 saturated carbocycles. The van der Waals surface area contributed by atoms with Crippen molar-refractivity contribution >= 4 is 29.1 Å². The van der Waals surface area contributed by atoms with Gasteiger partial charge in [0.25, 0.3) is 0 Å². The molecule has 2 amide bonds. The molecule has 3 rings (SSSR count). The summed E-state index contributed by atoms with van der Waals surface area (Å²) in [5.41, 5.74) is -0.117. The van der Waals surface area contributed by atoms with Gasteiger partial charge in [-0.2, -0.15) is 13.2 Å². The van der Waals surface area contributed by atoms with Crippen molar-refractivity contribution in [1.82, 2.24) is 5.32 Å². The number of nitrogens with zero attached hydrogens (tertiary/aromatic N) is 1. The van der Waals surface area contributed by atoms with Crippen molar-refractivity contribution in [2.24, 2.45) is 5.92 Å². The molecule has 2 aromatic rings. The standard InChI is InChI=1S/C19H15ClF4N2O2/c20-15-8-14(4-5-16(15)21)26-10-12(7-17(26)27)18(28)25-9-11-2-1-3-13(6-11)19(22,23)24/h1-6,8,12H,7,9-10H2,(H,25,28). The van der Waals surface area contributed by atoms with E-state index >= 15 is 0 Å². The van der Waals surface area contributed by atoms with Crippen LogP contribution in [0.1, 0.15) is 17.5 Å². The third kappa shape index (κ3) is 4.44. The van der Waals surface area contributed by atoms with Gasteiger partial charge in [-0.3, -0.25) is 9.59 Å². The highest BCUT2D eigenvalue weighted by Gasteiger charge is 2.35. The zero-order chi connectivity index (χ0) is 20.5. The van der Waals surface area contributed by atoms with Gasteiger partial charge < -0.3 is 10.2 Å². The predicted molar refractivity (Wildman–Crippen MR) is 95.2 cm³/mol. The van der Waals surface area contributed by atoms with Gasteiger partial charge in [-0.15, -0.1) is 0 Å². The number of hydrogen-bond donors (Lipinski definition) is 1. The lowest BCUT2D eigenvalue weighted by Gasteiger charge is -2.17. The first-order valence-corrected chi connectivity index (χ1v) is 8.72. The Morgan fingerprint density at radius 3 is 2.64 bits per heavy atom. The molecule has 4 nitrogen and oxygen atoms in total. The van der Waals surface area contributed by atoms with Crippen molar-refractivity contribution in [3.63, 3.8) is 0 Å². The normalized spacial score (nSPS) is 17.1. The van der Waals surface area contributed by atoms with Crippen molar-refractivity contribution in [1.29, 1.82) is 0 Å². The van der Waals surface area contributed by atoms with Crippen LogP contribution in [-0.4, -0.2) is 18.4 Å². The number of rotatable bonds is 4. The number of halogens is 5. The van der Waals surface area contributed by atoms with E-state index < -0.39 is 29.4 Å². The van der Waals surface area contributed by atoms with Gasteiger partial charge in [0.15, 0.2) is 0 Å². The molecule has 0 aliphatic carbocycles. The summed E-state index contributed by atoms with van der Waals surface area (Å²) in [6.07, 6.45) is -4.52. The van der Waals surface area contributed by atoms with E-state index in [1.54, 1.807) is 0 Å². The number of carbonyl (C=O) groups excluding carboxylic acids is 2. The Bertz CT molecular complexity index is 917. The molecule has 0 radical (unpaired) electrons. The quantitative estimate of drug-likeness (QED) is 0.763. The Kier molecular flexibility index (Phi) is 5.60. The largest absolute Gasteiger partial charge is 0.416 e. The molecule has 0 aromatic heterocycles. The minimum atomic E-state index is -4.46. The van der Waals surface area contributed by atoms with E-state index in [2.05, 4.69) is 5.32 Å². The van der Waals surface area contributed by atoms with E-state index in [9.17, 15) is 27.2 Å². The Labute approximate surface area is 163 Å². The van der Waals surface area contributed by atoms with Crippen LogP contribution in [0.4, 0.5) is 23.2 Å². The van der Waals surface area contributed by atoms with E-state index in [4.69, 9.17) is 11.6 Å². The third-order valence-electron chi connectivity index (χ3n) is 4.43. The van der Waals surface area contributed by atoms with Gasteiger partial charge in [0.2, 0.25) is 11.8 Å². The SMILES string of the molecule is O=C(NCc1cccc(C(F)(F)F)c1)C1CC(=O)N(c2ccc(F)c(Cl)c2)C1. The zero-order valence-electron chi connectivity index (χ0n) is 14.4. The highest BCUT2D eigenvalue weighted by Crippen LogP contribution is 2.30. The molecule has 28 heavy (non-hydrogen) atoms. The van der Waals surface area contributed by atoms with Gasteiger partial charge in [0, 0.05) is 25.2 Å². The van der Waals surface area contributed by atoms with Gasteiger partial charge in [0.05, 0.1) is 16.5 Å². The zero-order valence-corrected chi connectivity index (χ0v) is 15.1. The van der Waals surface area contributed by atoms with E-state index in [0.29, 0.717) is 11.3 Å². The summed E-state index contributed by atoms with van der Waals surface area (Å²) >= 11 is 5.73. The fourth-order valence-corrected chi connectivity index (χ4v) is 3.15. The summed E-state index contributed by atoms with van der Waals surface area (Å²) in [5.74, 6) is -2.04. The summed E-state index contributed by atoms with van der Waals surface area (Å²) in [6.45, 7) is -0.00889. The second kappa shape index (κ2) is 7.79. The molecule has 1 fully saturated rings. The molecule has 0 bridgehead atoms. The van der Waals surface area contributed by atoms with Crippen molar-refractivity contribution in [2.75, 3.05) is 11.4 Å². The van der Waals surface area contributed by atoms with Crippen LogP contribution in [0.5, 0.6) is 0 Å². The van der Waals surface area contributed by atoms with Crippen LogP contribution in [0.15, 0.2) is 42.5 Å². The van der Waals surface area contributed by atoms with Crippen LogP contribution in [0.3, 0.4) is 0 Å². The fraction of sp³-hybridized carbons (Fsp3) is 0.263. The number of benzene rings is 2. The van der Waals surface area contributed by atoms with Crippen LogP contribution in [0, 0.1) is 11.7 Å². The molecular formula is C19H15ClF4N2O2. The number of carbonyl (C=O) groups is 2. The molecule has 1 saturated heterocycles. The maximum atomic E-state index is 13.3. The van der Waals surface area contributed by atoms with Gasteiger partial charge in [-0.05, 0) is 35.9 Å². The summed E-state index contributed by atoms with van der Waals surface area (Å²) < 4.78 is 51.5. The minimum absolute atomic E-state index is 0.0522. The number of amides is 2. The molecule has 2 aromatic carbocycles. The molecule has 1 N–H and O–H groups in total. The van der Waals surface area contributed by atoms with E-state index in [0.717, 1.165) is 18.2 Å². The summed E-state index contributed by atoms with van der Waals surface area (Å²) in [7, 11) is 0. The lowest BCUT2D eigenvalue weighted by atomic mass is 10.1. The second-order valence-corrected chi connectivity index (χ2v) is 6.83. The Morgan fingerprint density at radius 1 is 1.21 bits per heavy atom. The first kappa shape index (κ1) is 20.1. The van der Waals surface area contributed by atoms with E-state index in [1.807, 2.05) is 0 Å². The third-order valence-corrected chi connectivity index (χ3v) is 4.72. The number of alkyl halides is 3. The number of hydrogen-bond acceptors (Lipinski definition) is 2.